The van der Waals surface area contributed by atoms with Gasteiger partial charge in [-0.2, -0.15) is 0 Å². The molecule has 1 aromatic carbocycles. The van der Waals surface area contributed by atoms with E-state index in [9.17, 15) is 4.79 Å². The van der Waals surface area contributed by atoms with Gasteiger partial charge in [0.15, 0.2) is 5.78 Å². The number of allylic oxidation sites excluding steroid dienone is 1. The fourth-order valence-corrected chi connectivity index (χ4v) is 3.66. The summed E-state index contributed by atoms with van der Waals surface area (Å²) in [5, 5.41) is 0. The quantitative estimate of drug-likeness (QED) is 0.797. The van der Waals surface area contributed by atoms with Crippen molar-refractivity contribution >= 4 is 17.5 Å². The van der Waals surface area contributed by atoms with E-state index in [4.69, 9.17) is 4.74 Å². The zero-order chi connectivity index (χ0) is 18.1. The normalized spacial score (nSPS) is 19.1. The molecule has 26 heavy (non-hydrogen) atoms. The number of rotatable bonds is 3. The highest BCUT2D eigenvalue weighted by Gasteiger charge is 2.28. The molecule has 5 nitrogen and oxygen atoms in total. The Morgan fingerprint density at radius 2 is 2.00 bits per heavy atom. The second-order valence-corrected chi connectivity index (χ2v) is 6.93. The molecule has 0 bridgehead atoms. The first kappa shape index (κ1) is 16.8. The molecule has 0 spiro atoms. The maximum absolute atomic E-state index is 12.8. The summed E-state index contributed by atoms with van der Waals surface area (Å²) in [5.41, 5.74) is 4.70. The van der Waals surface area contributed by atoms with Crippen LogP contribution in [0.5, 0.6) is 5.75 Å². The summed E-state index contributed by atoms with van der Waals surface area (Å²) in [6.45, 7) is 4.01. The Hall–Kier alpha value is -2.66. The number of nitrogens with zero attached hydrogens (tertiary/aromatic N) is 3. The number of piperazine rings is 1. The number of carbonyl (C=O) groups excluding carboxylic acids is 1. The molecule has 4 rings (SSSR count). The molecule has 2 aliphatic rings. The Morgan fingerprint density at radius 3 is 2.69 bits per heavy atom. The van der Waals surface area contributed by atoms with Crippen molar-refractivity contribution in [3.63, 3.8) is 0 Å². The second-order valence-electron chi connectivity index (χ2n) is 6.93. The molecule has 0 amide bonds. The molecule has 0 atom stereocenters. The largest absolute Gasteiger partial charge is 0.495 e. The van der Waals surface area contributed by atoms with Gasteiger partial charge in [-0.1, -0.05) is 6.07 Å². The van der Waals surface area contributed by atoms with E-state index in [0.29, 0.717) is 6.42 Å². The Balaban J connectivity index is 1.67. The van der Waals surface area contributed by atoms with Crippen LogP contribution in [0, 0.1) is 0 Å². The first-order chi connectivity index (χ1) is 12.7. The first-order valence-electron chi connectivity index (χ1n) is 8.95. The number of carbonyl (C=O) groups is 1. The molecule has 1 aliphatic heterocycles. The number of benzene rings is 1. The Labute approximate surface area is 153 Å². The molecule has 1 fully saturated rings. The number of methoxy groups -OCH3 is 1. The molecular formula is C21H23N3O2. The van der Waals surface area contributed by atoms with E-state index in [-0.39, 0.29) is 5.78 Å². The summed E-state index contributed by atoms with van der Waals surface area (Å²) in [6, 6.07) is 7.90. The highest BCUT2D eigenvalue weighted by Crippen LogP contribution is 2.38. The summed E-state index contributed by atoms with van der Waals surface area (Å²) < 4.78 is 5.62. The SMILES string of the molecule is COc1cc2c(cc1N1CCN(C)CC1)CC(=Cc1cccnc1)C2=O. The van der Waals surface area contributed by atoms with Crippen LogP contribution in [0.2, 0.25) is 0 Å². The van der Waals surface area contributed by atoms with Crippen LogP contribution in [0.25, 0.3) is 6.08 Å². The van der Waals surface area contributed by atoms with Gasteiger partial charge in [-0.3, -0.25) is 9.78 Å². The number of ether oxygens (including phenoxy) is 1. The van der Waals surface area contributed by atoms with Crippen molar-refractivity contribution in [3.05, 3.63) is 58.9 Å². The van der Waals surface area contributed by atoms with E-state index >= 15 is 0 Å². The fraction of sp³-hybridized carbons (Fsp3) is 0.333. The van der Waals surface area contributed by atoms with Crippen LogP contribution in [0.1, 0.15) is 21.5 Å². The summed E-state index contributed by atoms with van der Waals surface area (Å²) >= 11 is 0. The lowest BCUT2D eigenvalue weighted by Gasteiger charge is -2.35. The van der Waals surface area contributed by atoms with Gasteiger partial charge in [-0.15, -0.1) is 0 Å². The third-order valence-electron chi connectivity index (χ3n) is 5.19. The molecule has 2 aromatic rings. The van der Waals surface area contributed by atoms with Gasteiger partial charge in [0.05, 0.1) is 12.8 Å². The third kappa shape index (κ3) is 3.10. The molecule has 0 unspecified atom stereocenters. The zero-order valence-electron chi connectivity index (χ0n) is 15.2. The van der Waals surface area contributed by atoms with Crippen molar-refractivity contribution in [1.29, 1.82) is 0 Å². The minimum absolute atomic E-state index is 0.0899. The maximum atomic E-state index is 12.8. The number of ketones is 1. The van der Waals surface area contributed by atoms with Gasteiger partial charge in [0.2, 0.25) is 0 Å². The fourth-order valence-electron chi connectivity index (χ4n) is 3.66. The lowest BCUT2D eigenvalue weighted by atomic mass is 10.1. The molecule has 0 radical (unpaired) electrons. The van der Waals surface area contributed by atoms with Crippen molar-refractivity contribution in [3.8, 4) is 5.75 Å². The van der Waals surface area contributed by atoms with Crippen LogP contribution >= 0.6 is 0 Å². The van der Waals surface area contributed by atoms with E-state index in [0.717, 1.165) is 59.9 Å². The highest BCUT2D eigenvalue weighted by molar-refractivity contribution is 6.16. The van der Waals surface area contributed by atoms with Gasteiger partial charge >= 0.3 is 0 Å². The molecule has 2 heterocycles. The summed E-state index contributed by atoms with van der Waals surface area (Å²) in [5.74, 6) is 0.872. The van der Waals surface area contributed by atoms with Crippen LogP contribution in [0.4, 0.5) is 5.69 Å². The lowest BCUT2D eigenvalue weighted by Crippen LogP contribution is -2.44. The molecule has 1 aromatic heterocycles. The topological polar surface area (TPSA) is 45.7 Å². The number of anilines is 1. The van der Waals surface area contributed by atoms with Gasteiger partial charge in [-0.05, 0) is 42.4 Å². The smallest absolute Gasteiger partial charge is 0.189 e. The molecular weight excluding hydrogens is 326 g/mol. The number of hydrogen-bond donors (Lipinski definition) is 0. The molecule has 0 saturated carbocycles. The molecule has 1 saturated heterocycles. The molecule has 1 aliphatic carbocycles. The van der Waals surface area contributed by atoms with Crippen molar-refractivity contribution < 1.29 is 9.53 Å². The number of Topliss-reactive ketones (excluding diaryl/α,β-unsaturated/α-hetero) is 1. The van der Waals surface area contributed by atoms with Crippen molar-refractivity contribution in [2.75, 3.05) is 45.2 Å². The average Bonchev–Trinajstić information content (AvgIpc) is 2.97. The van der Waals surface area contributed by atoms with Crippen LogP contribution in [0.15, 0.2) is 42.2 Å². The average molecular weight is 349 g/mol. The molecule has 5 heteroatoms. The number of likely N-dealkylation sites (N-methyl/N-ethyl adjacent to an activating group) is 1. The van der Waals surface area contributed by atoms with Crippen molar-refractivity contribution in [1.82, 2.24) is 9.88 Å². The number of aromatic nitrogens is 1. The predicted octanol–water partition coefficient (Wildman–Crippen LogP) is 2.66. The van der Waals surface area contributed by atoms with E-state index in [1.807, 2.05) is 24.3 Å². The monoisotopic (exact) mass is 349 g/mol. The zero-order valence-corrected chi connectivity index (χ0v) is 15.2. The molecule has 0 N–H and O–H groups in total. The highest BCUT2D eigenvalue weighted by atomic mass is 16.5. The van der Waals surface area contributed by atoms with Gasteiger partial charge in [-0.25, -0.2) is 0 Å². The van der Waals surface area contributed by atoms with Gasteiger partial charge < -0.3 is 14.5 Å². The number of pyridine rings is 1. The lowest BCUT2D eigenvalue weighted by molar-refractivity contribution is 0.104. The Morgan fingerprint density at radius 1 is 1.19 bits per heavy atom. The second kappa shape index (κ2) is 6.92. The minimum atomic E-state index is 0.0899. The predicted molar refractivity (Wildman–Crippen MR) is 103 cm³/mol. The van der Waals surface area contributed by atoms with E-state index in [1.165, 1.54) is 0 Å². The summed E-state index contributed by atoms with van der Waals surface area (Å²) in [4.78, 5) is 21.6. The Kier molecular flexibility index (Phi) is 4.47. The first-order valence-corrected chi connectivity index (χ1v) is 8.95. The maximum Gasteiger partial charge on any atom is 0.189 e. The van der Waals surface area contributed by atoms with Crippen LogP contribution in [-0.4, -0.2) is 56.0 Å². The van der Waals surface area contributed by atoms with Crippen molar-refractivity contribution in [2.45, 2.75) is 6.42 Å². The van der Waals surface area contributed by atoms with Gasteiger partial charge in [0.25, 0.3) is 0 Å². The van der Waals surface area contributed by atoms with Crippen LogP contribution in [-0.2, 0) is 6.42 Å². The standard InChI is InChI=1S/C21H23N3O2/c1-23-6-8-24(9-7-23)19-12-16-11-17(10-15-4-3-5-22-14-15)21(25)18(16)13-20(19)26-2/h3-5,10,12-14H,6-9,11H2,1-2H3. The number of fused-ring (bicyclic) bond motifs is 1. The minimum Gasteiger partial charge on any atom is -0.495 e. The molecule has 134 valence electrons. The number of hydrogen-bond acceptors (Lipinski definition) is 5. The van der Waals surface area contributed by atoms with E-state index < -0.39 is 0 Å². The summed E-state index contributed by atoms with van der Waals surface area (Å²) in [6.07, 6.45) is 6.12. The van der Waals surface area contributed by atoms with Gasteiger partial charge in [0.1, 0.15) is 5.75 Å². The summed E-state index contributed by atoms with van der Waals surface area (Å²) in [7, 11) is 3.82. The van der Waals surface area contributed by atoms with Crippen molar-refractivity contribution in [2.24, 2.45) is 0 Å². The van der Waals surface area contributed by atoms with Crippen LogP contribution < -0.4 is 9.64 Å². The Bertz CT molecular complexity index is 853. The third-order valence-corrected chi connectivity index (χ3v) is 5.19. The van der Waals surface area contributed by atoms with Crippen LogP contribution in [0.3, 0.4) is 0 Å². The van der Waals surface area contributed by atoms with Gasteiger partial charge in [0, 0.05) is 56.1 Å². The van der Waals surface area contributed by atoms with E-state index in [1.54, 1.807) is 19.5 Å². The van der Waals surface area contributed by atoms with E-state index in [2.05, 4.69) is 27.9 Å².